The number of rotatable bonds is 7. The second kappa shape index (κ2) is 7.19. The predicted molar refractivity (Wildman–Crippen MR) is 90.2 cm³/mol. The number of furan rings is 1. The molecule has 1 heterocycles. The maximum atomic E-state index is 12.2. The molecule has 1 aliphatic carbocycles. The Morgan fingerprint density at radius 1 is 1.39 bits per heavy atom. The molecule has 0 radical (unpaired) electrons. The molecule has 23 heavy (non-hydrogen) atoms. The lowest BCUT2D eigenvalue weighted by Gasteiger charge is -2.14. The first-order chi connectivity index (χ1) is 11.2. The van der Waals surface area contributed by atoms with Gasteiger partial charge < -0.3 is 20.2 Å². The standard InChI is InChI=1S/C17H19BrN2O3/c18-12-2-1-3-13(8-12)22-10-14-6-7-16(23-14)17(21)20-15(9-19)11-4-5-11/h1-3,6-8,11,15H,4-5,9-10,19H2,(H,20,21). The van der Waals surface area contributed by atoms with Crippen LogP contribution in [0.4, 0.5) is 0 Å². The molecule has 5 nitrogen and oxygen atoms in total. The number of amides is 1. The molecule has 0 spiro atoms. The van der Waals surface area contributed by atoms with Gasteiger partial charge in [-0.05, 0) is 49.1 Å². The van der Waals surface area contributed by atoms with Gasteiger partial charge in [0.2, 0.25) is 0 Å². The lowest BCUT2D eigenvalue weighted by atomic mass is 10.2. The first kappa shape index (κ1) is 16.1. The average Bonchev–Trinajstić information content (AvgIpc) is 3.28. The van der Waals surface area contributed by atoms with E-state index in [0.717, 1.165) is 23.1 Å². The number of hydrogen-bond acceptors (Lipinski definition) is 4. The third-order valence-electron chi connectivity index (χ3n) is 3.82. The summed E-state index contributed by atoms with van der Waals surface area (Å²) in [5.74, 6) is 1.92. The van der Waals surface area contributed by atoms with Crippen molar-refractivity contribution in [3.05, 3.63) is 52.4 Å². The Hall–Kier alpha value is -1.79. The van der Waals surface area contributed by atoms with E-state index in [0.29, 0.717) is 18.2 Å². The Bertz CT molecular complexity index is 682. The summed E-state index contributed by atoms with van der Waals surface area (Å²) >= 11 is 3.39. The minimum atomic E-state index is -0.221. The van der Waals surface area contributed by atoms with E-state index in [4.69, 9.17) is 14.9 Å². The molecule has 3 rings (SSSR count). The van der Waals surface area contributed by atoms with E-state index in [9.17, 15) is 4.79 Å². The zero-order valence-electron chi connectivity index (χ0n) is 12.6. The van der Waals surface area contributed by atoms with Crippen LogP contribution in [0.3, 0.4) is 0 Å². The van der Waals surface area contributed by atoms with Crippen LogP contribution in [0.1, 0.15) is 29.2 Å². The number of hydrogen-bond donors (Lipinski definition) is 2. The Morgan fingerprint density at radius 3 is 2.91 bits per heavy atom. The summed E-state index contributed by atoms with van der Waals surface area (Å²) in [4.78, 5) is 12.2. The summed E-state index contributed by atoms with van der Waals surface area (Å²) in [5.41, 5.74) is 5.70. The first-order valence-electron chi connectivity index (χ1n) is 7.63. The largest absolute Gasteiger partial charge is 0.486 e. The fraction of sp³-hybridized carbons (Fsp3) is 0.353. The topological polar surface area (TPSA) is 77.5 Å². The van der Waals surface area contributed by atoms with Crippen molar-refractivity contribution in [1.29, 1.82) is 0 Å². The van der Waals surface area contributed by atoms with Gasteiger partial charge in [0.05, 0.1) is 0 Å². The van der Waals surface area contributed by atoms with Crippen molar-refractivity contribution in [3.8, 4) is 5.75 Å². The van der Waals surface area contributed by atoms with Gasteiger partial charge in [0, 0.05) is 17.1 Å². The van der Waals surface area contributed by atoms with E-state index in [1.807, 2.05) is 24.3 Å². The quantitative estimate of drug-likeness (QED) is 0.775. The van der Waals surface area contributed by atoms with Crippen LogP contribution in [0.25, 0.3) is 0 Å². The van der Waals surface area contributed by atoms with E-state index in [-0.39, 0.29) is 24.3 Å². The normalized spacial score (nSPS) is 15.2. The van der Waals surface area contributed by atoms with Gasteiger partial charge in [-0.15, -0.1) is 0 Å². The zero-order valence-corrected chi connectivity index (χ0v) is 14.2. The monoisotopic (exact) mass is 378 g/mol. The van der Waals surface area contributed by atoms with Crippen LogP contribution in [-0.4, -0.2) is 18.5 Å². The number of benzene rings is 1. The molecule has 1 saturated carbocycles. The summed E-state index contributed by atoms with van der Waals surface area (Å²) in [5, 5.41) is 2.93. The van der Waals surface area contributed by atoms with Crippen LogP contribution in [0.5, 0.6) is 5.75 Å². The molecule has 1 aliphatic rings. The Balaban J connectivity index is 1.55. The van der Waals surface area contributed by atoms with E-state index >= 15 is 0 Å². The van der Waals surface area contributed by atoms with Crippen molar-refractivity contribution in [2.24, 2.45) is 11.7 Å². The number of halogens is 1. The molecule has 6 heteroatoms. The number of carbonyl (C=O) groups is 1. The number of carbonyl (C=O) groups excluding carboxylic acids is 1. The van der Waals surface area contributed by atoms with Gasteiger partial charge in [-0.1, -0.05) is 22.0 Å². The van der Waals surface area contributed by atoms with Crippen molar-refractivity contribution < 1.29 is 13.9 Å². The highest BCUT2D eigenvalue weighted by Gasteiger charge is 2.31. The van der Waals surface area contributed by atoms with Crippen molar-refractivity contribution in [2.45, 2.75) is 25.5 Å². The zero-order chi connectivity index (χ0) is 16.2. The molecule has 2 aromatic rings. The maximum absolute atomic E-state index is 12.2. The molecule has 122 valence electrons. The highest BCUT2D eigenvalue weighted by molar-refractivity contribution is 9.10. The molecule has 0 bridgehead atoms. The second-order valence-electron chi connectivity index (χ2n) is 5.67. The van der Waals surface area contributed by atoms with Gasteiger partial charge in [-0.2, -0.15) is 0 Å². The third-order valence-corrected chi connectivity index (χ3v) is 4.32. The van der Waals surface area contributed by atoms with Gasteiger partial charge >= 0.3 is 0 Å². The first-order valence-corrected chi connectivity index (χ1v) is 8.43. The van der Waals surface area contributed by atoms with Crippen LogP contribution in [0.2, 0.25) is 0 Å². The van der Waals surface area contributed by atoms with Gasteiger partial charge in [-0.25, -0.2) is 0 Å². The van der Waals surface area contributed by atoms with Crippen LogP contribution in [0, 0.1) is 5.92 Å². The van der Waals surface area contributed by atoms with Gasteiger partial charge in [0.25, 0.3) is 5.91 Å². The second-order valence-corrected chi connectivity index (χ2v) is 6.58. The molecule has 1 unspecified atom stereocenters. The predicted octanol–water partition coefficient (Wildman–Crippen LogP) is 3.09. The fourth-order valence-electron chi connectivity index (χ4n) is 2.40. The minimum absolute atomic E-state index is 0.0361. The minimum Gasteiger partial charge on any atom is -0.486 e. The maximum Gasteiger partial charge on any atom is 0.287 e. The molecule has 1 aromatic carbocycles. The summed E-state index contributed by atoms with van der Waals surface area (Å²) in [7, 11) is 0. The molecule has 3 N–H and O–H groups in total. The summed E-state index contributed by atoms with van der Waals surface area (Å²) in [6, 6.07) is 11.0. The SMILES string of the molecule is NCC(NC(=O)c1ccc(COc2cccc(Br)c2)o1)C1CC1. The Kier molecular flexibility index (Phi) is 5.03. The number of nitrogens with two attached hydrogens (primary N) is 1. The van der Waals surface area contributed by atoms with Crippen molar-refractivity contribution in [2.75, 3.05) is 6.54 Å². The van der Waals surface area contributed by atoms with Gasteiger partial charge in [-0.3, -0.25) is 4.79 Å². The van der Waals surface area contributed by atoms with Gasteiger partial charge in [0.15, 0.2) is 5.76 Å². The van der Waals surface area contributed by atoms with Crippen LogP contribution >= 0.6 is 15.9 Å². The number of ether oxygens (including phenoxy) is 1. The third kappa shape index (κ3) is 4.36. The van der Waals surface area contributed by atoms with Crippen molar-refractivity contribution in [3.63, 3.8) is 0 Å². The van der Waals surface area contributed by atoms with Crippen LogP contribution < -0.4 is 15.8 Å². The molecular weight excluding hydrogens is 360 g/mol. The average molecular weight is 379 g/mol. The Morgan fingerprint density at radius 2 is 2.22 bits per heavy atom. The molecule has 1 aromatic heterocycles. The summed E-state index contributed by atoms with van der Waals surface area (Å²) < 4.78 is 12.1. The molecule has 1 fully saturated rings. The van der Waals surface area contributed by atoms with Crippen LogP contribution in [-0.2, 0) is 6.61 Å². The fourth-order valence-corrected chi connectivity index (χ4v) is 2.77. The molecular formula is C17H19BrN2O3. The van der Waals surface area contributed by atoms with E-state index < -0.39 is 0 Å². The van der Waals surface area contributed by atoms with E-state index in [1.54, 1.807) is 12.1 Å². The lowest BCUT2D eigenvalue weighted by Crippen LogP contribution is -2.41. The molecule has 1 amide bonds. The smallest absolute Gasteiger partial charge is 0.287 e. The van der Waals surface area contributed by atoms with Crippen molar-refractivity contribution >= 4 is 21.8 Å². The van der Waals surface area contributed by atoms with Crippen molar-refractivity contribution in [1.82, 2.24) is 5.32 Å². The Labute approximate surface area is 143 Å². The highest BCUT2D eigenvalue weighted by atomic mass is 79.9. The van der Waals surface area contributed by atoms with Crippen LogP contribution in [0.15, 0.2) is 45.3 Å². The molecule has 0 aliphatic heterocycles. The molecule has 1 atom stereocenters. The van der Waals surface area contributed by atoms with E-state index in [2.05, 4.69) is 21.2 Å². The van der Waals surface area contributed by atoms with E-state index in [1.165, 1.54) is 0 Å². The highest BCUT2D eigenvalue weighted by Crippen LogP contribution is 2.32. The van der Waals surface area contributed by atoms with Gasteiger partial charge in [0.1, 0.15) is 18.1 Å². The molecule has 0 saturated heterocycles. The lowest BCUT2D eigenvalue weighted by molar-refractivity contribution is 0.0901. The summed E-state index contributed by atoms with van der Waals surface area (Å²) in [6.07, 6.45) is 2.26. The number of nitrogens with one attached hydrogen (secondary N) is 1. The summed E-state index contributed by atoms with van der Waals surface area (Å²) in [6.45, 7) is 0.725.